The maximum atomic E-state index is 10.4. The molecule has 0 saturated carbocycles. The Bertz CT molecular complexity index is 662. The molecule has 0 unspecified atom stereocenters. The Kier molecular flexibility index (Phi) is 6.95. The molecule has 3 nitrogen and oxygen atoms in total. The Morgan fingerprint density at radius 1 is 1.08 bits per heavy atom. The second kappa shape index (κ2) is 7.88. The standard InChI is InChI=1S/C21H37NO2Si2/c1-20(2,3)26(8,9)24-19-13-12-17(15-18(19)16-22)11-10-14-21(4,5)25(6,7)23/h12-13,15,23H,10-11,14H2,1-9H3. The number of hydrogen-bond acceptors (Lipinski definition) is 3. The topological polar surface area (TPSA) is 53.2 Å². The highest BCUT2D eigenvalue weighted by Crippen LogP contribution is 2.40. The highest BCUT2D eigenvalue weighted by atomic mass is 28.4. The Morgan fingerprint density at radius 3 is 2.12 bits per heavy atom. The van der Waals surface area contributed by atoms with Crippen molar-refractivity contribution in [2.24, 2.45) is 0 Å². The van der Waals surface area contributed by atoms with Crippen molar-refractivity contribution in [2.45, 2.75) is 90.1 Å². The van der Waals surface area contributed by atoms with Gasteiger partial charge in [0.25, 0.3) is 8.32 Å². The number of rotatable bonds is 7. The van der Waals surface area contributed by atoms with Gasteiger partial charge in [0.1, 0.15) is 11.8 Å². The van der Waals surface area contributed by atoms with Crippen molar-refractivity contribution in [1.29, 1.82) is 5.26 Å². The van der Waals surface area contributed by atoms with Crippen LogP contribution in [0.5, 0.6) is 5.75 Å². The average Bonchev–Trinajstić information content (AvgIpc) is 2.45. The molecule has 0 aromatic heterocycles. The smallest absolute Gasteiger partial charge is 0.250 e. The van der Waals surface area contributed by atoms with Crippen LogP contribution < -0.4 is 4.43 Å². The molecule has 0 aliphatic rings. The molecule has 5 heteroatoms. The van der Waals surface area contributed by atoms with Gasteiger partial charge in [-0.1, -0.05) is 40.7 Å². The molecule has 146 valence electrons. The summed E-state index contributed by atoms with van der Waals surface area (Å²) in [6, 6.07) is 8.32. The van der Waals surface area contributed by atoms with Crippen LogP contribution in [0, 0.1) is 11.3 Å². The lowest BCUT2D eigenvalue weighted by Gasteiger charge is -2.36. The zero-order valence-electron chi connectivity index (χ0n) is 18.2. The number of benzene rings is 1. The van der Waals surface area contributed by atoms with Crippen molar-refractivity contribution >= 4 is 16.6 Å². The highest BCUT2D eigenvalue weighted by Gasteiger charge is 2.39. The summed E-state index contributed by atoms with van der Waals surface area (Å²) >= 11 is 0. The first-order chi connectivity index (χ1) is 11.6. The molecule has 0 amide bonds. The molecule has 0 fully saturated rings. The quantitative estimate of drug-likeness (QED) is 0.559. The van der Waals surface area contributed by atoms with E-state index in [2.05, 4.69) is 59.8 Å². The van der Waals surface area contributed by atoms with E-state index in [-0.39, 0.29) is 10.1 Å². The van der Waals surface area contributed by atoms with Crippen molar-refractivity contribution in [2.75, 3.05) is 0 Å². The second-order valence-electron chi connectivity index (χ2n) is 10.1. The minimum atomic E-state index is -2.16. The first-order valence-electron chi connectivity index (χ1n) is 9.55. The van der Waals surface area contributed by atoms with E-state index in [9.17, 15) is 10.1 Å². The summed E-state index contributed by atoms with van der Waals surface area (Å²) in [6.07, 6.45) is 2.92. The lowest BCUT2D eigenvalue weighted by Crippen LogP contribution is -2.44. The molecule has 0 bridgehead atoms. The van der Waals surface area contributed by atoms with E-state index in [1.165, 1.54) is 0 Å². The molecule has 0 heterocycles. The van der Waals surface area contributed by atoms with E-state index >= 15 is 0 Å². The van der Waals surface area contributed by atoms with E-state index < -0.39 is 16.6 Å². The SMILES string of the molecule is CC(C)(CCCc1ccc(O[Si](C)(C)C(C)(C)C)c(C#N)c1)[Si](C)(C)O. The van der Waals surface area contributed by atoms with Crippen LogP contribution in [0.15, 0.2) is 18.2 Å². The molecule has 0 aliphatic heterocycles. The summed E-state index contributed by atoms with van der Waals surface area (Å²) in [5, 5.41) is 9.66. The van der Waals surface area contributed by atoms with Gasteiger partial charge >= 0.3 is 0 Å². The van der Waals surface area contributed by atoms with Crippen LogP contribution in [0.4, 0.5) is 0 Å². The number of nitriles is 1. The van der Waals surface area contributed by atoms with Gasteiger partial charge in [-0.25, -0.2) is 0 Å². The number of aryl methyl sites for hydroxylation is 1. The third-order valence-electron chi connectivity index (χ3n) is 6.26. The molecular weight excluding hydrogens is 354 g/mol. The van der Waals surface area contributed by atoms with Crippen molar-refractivity contribution in [3.05, 3.63) is 29.3 Å². The monoisotopic (exact) mass is 391 g/mol. The van der Waals surface area contributed by atoms with Crippen LogP contribution in [-0.4, -0.2) is 21.4 Å². The summed E-state index contributed by atoms with van der Waals surface area (Å²) in [5.74, 6) is 0.715. The van der Waals surface area contributed by atoms with E-state index in [1.807, 2.05) is 25.2 Å². The average molecular weight is 392 g/mol. The molecular formula is C21H37NO2Si2. The highest BCUT2D eigenvalue weighted by molar-refractivity contribution is 6.74. The first kappa shape index (κ1) is 22.9. The van der Waals surface area contributed by atoms with Crippen LogP contribution in [-0.2, 0) is 6.42 Å². The number of hydrogen-bond donors (Lipinski definition) is 1. The van der Waals surface area contributed by atoms with Gasteiger partial charge in [-0.15, -0.1) is 0 Å². The predicted molar refractivity (Wildman–Crippen MR) is 116 cm³/mol. The fraction of sp³-hybridized carbons (Fsp3) is 0.667. The summed E-state index contributed by atoms with van der Waals surface area (Å²) in [5.41, 5.74) is 1.79. The first-order valence-corrected chi connectivity index (χ1v) is 15.4. The molecule has 1 aromatic carbocycles. The van der Waals surface area contributed by atoms with Gasteiger partial charge in [-0.2, -0.15) is 5.26 Å². The Hall–Kier alpha value is -1.10. The van der Waals surface area contributed by atoms with Crippen LogP contribution in [0.25, 0.3) is 0 Å². The van der Waals surface area contributed by atoms with Gasteiger partial charge in [0.2, 0.25) is 0 Å². The molecule has 1 rings (SSSR count). The van der Waals surface area contributed by atoms with Gasteiger partial charge in [0.05, 0.1) is 5.56 Å². The Labute approximate surface area is 162 Å². The van der Waals surface area contributed by atoms with Crippen molar-refractivity contribution in [3.8, 4) is 11.8 Å². The predicted octanol–water partition coefficient (Wildman–Crippen LogP) is 6.24. The summed E-state index contributed by atoms with van der Waals surface area (Å²) in [4.78, 5) is 10.4. The largest absolute Gasteiger partial charge is 0.543 e. The van der Waals surface area contributed by atoms with E-state index in [1.54, 1.807) is 0 Å². The normalized spacial score (nSPS) is 13.4. The molecule has 0 radical (unpaired) electrons. The second-order valence-corrected chi connectivity index (χ2v) is 19.3. The van der Waals surface area contributed by atoms with Gasteiger partial charge in [-0.05, 0) is 73.2 Å². The molecule has 0 atom stereocenters. The van der Waals surface area contributed by atoms with Gasteiger partial charge in [0.15, 0.2) is 8.32 Å². The lowest BCUT2D eigenvalue weighted by atomic mass is 10.0. The summed E-state index contributed by atoms with van der Waals surface area (Å²) < 4.78 is 6.34. The van der Waals surface area contributed by atoms with E-state index in [4.69, 9.17) is 4.43 Å². The molecule has 1 aromatic rings. The maximum Gasteiger partial charge on any atom is 0.250 e. The lowest BCUT2D eigenvalue weighted by molar-refractivity contribution is 0.442. The molecule has 0 saturated heterocycles. The Morgan fingerprint density at radius 2 is 1.65 bits per heavy atom. The molecule has 0 spiro atoms. The fourth-order valence-electron chi connectivity index (χ4n) is 2.38. The zero-order chi connectivity index (χ0) is 20.4. The summed E-state index contributed by atoms with van der Waals surface area (Å²) in [7, 11) is -4.12. The van der Waals surface area contributed by atoms with Crippen LogP contribution in [0.2, 0.25) is 36.3 Å². The van der Waals surface area contributed by atoms with Gasteiger partial charge in [0, 0.05) is 0 Å². The van der Waals surface area contributed by atoms with Crippen molar-refractivity contribution in [3.63, 3.8) is 0 Å². The maximum absolute atomic E-state index is 10.4. The number of nitrogens with zero attached hydrogens (tertiary/aromatic N) is 1. The minimum Gasteiger partial charge on any atom is -0.543 e. The third kappa shape index (κ3) is 5.70. The molecule has 0 aliphatic carbocycles. The minimum absolute atomic E-state index is 0.00353. The summed E-state index contributed by atoms with van der Waals surface area (Å²) in [6.45, 7) is 19.3. The molecule has 26 heavy (non-hydrogen) atoms. The van der Waals surface area contributed by atoms with E-state index in [0.29, 0.717) is 11.3 Å². The van der Waals surface area contributed by atoms with E-state index in [0.717, 1.165) is 24.8 Å². The zero-order valence-corrected chi connectivity index (χ0v) is 20.2. The van der Waals surface area contributed by atoms with Crippen LogP contribution in [0.3, 0.4) is 0 Å². The van der Waals surface area contributed by atoms with Gasteiger partial charge in [-0.3, -0.25) is 0 Å². The molecule has 1 N–H and O–H groups in total. The van der Waals surface area contributed by atoms with Gasteiger partial charge < -0.3 is 9.22 Å². The fourth-order valence-corrected chi connectivity index (χ4v) is 4.20. The van der Waals surface area contributed by atoms with Crippen molar-refractivity contribution in [1.82, 2.24) is 0 Å². The Balaban J connectivity index is 2.86. The van der Waals surface area contributed by atoms with Crippen molar-refractivity contribution < 1.29 is 9.22 Å². The third-order valence-corrected chi connectivity index (χ3v) is 14.2. The van der Waals surface area contributed by atoms with Crippen LogP contribution >= 0.6 is 0 Å². The van der Waals surface area contributed by atoms with Crippen LogP contribution in [0.1, 0.15) is 58.6 Å².